The van der Waals surface area contributed by atoms with Crippen molar-refractivity contribution >= 4 is 5.91 Å². The second kappa shape index (κ2) is 16.5. The molecule has 1 spiro atoms. The van der Waals surface area contributed by atoms with E-state index in [1.165, 1.54) is 109 Å². The first kappa shape index (κ1) is 32.6. The van der Waals surface area contributed by atoms with Crippen LogP contribution in [0.25, 0.3) is 0 Å². The molecule has 3 N–H and O–H groups in total. The van der Waals surface area contributed by atoms with Crippen LogP contribution in [-0.2, 0) is 4.79 Å². The summed E-state index contributed by atoms with van der Waals surface area (Å²) >= 11 is 0. The van der Waals surface area contributed by atoms with Crippen molar-refractivity contribution in [1.29, 1.82) is 0 Å². The maximum absolute atomic E-state index is 12.9. The molecule has 1 saturated heterocycles. The second-order valence-corrected chi connectivity index (χ2v) is 13.8. The van der Waals surface area contributed by atoms with Gasteiger partial charge < -0.3 is 5.32 Å². The lowest BCUT2D eigenvalue weighted by Gasteiger charge is -2.41. The van der Waals surface area contributed by atoms with Crippen molar-refractivity contribution in [3.63, 3.8) is 0 Å². The second-order valence-electron chi connectivity index (χ2n) is 13.8. The van der Waals surface area contributed by atoms with E-state index >= 15 is 0 Å². The zero-order chi connectivity index (χ0) is 27.2. The molecule has 0 radical (unpaired) electrons. The number of hydrogen-bond donors (Lipinski definition) is 3. The Labute approximate surface area is 231 Å². The topological polar surface area (TPSA) is 53.2 Å². The molecule has 4 nitrogen and oxygen atoms in total. The Hall–Kier alpha value is -0.610. The van der Waals surface area contributed by atoms with Gasteiger partial charge in [-0.15, -0.1) is 0 Å². The molecule has 0 aromatic rings. The quantitative estimate of drug-likeness (QED) is 0.150. The first-order valence-electron chi connectivity index (χ1n) is 16.5. The fourth-order valence-electron chi connectivity index (χ4n) is 6.77. The van der Waals surface area contributed by atoms with Gasteiger partial charge in [-0.2, -0.15) is 0 Å². The molecule has 1 heterocycles. The third kappa shape index (κ3) is 11.2. The van der Waals surface area contributed by atoms with Crippen molar-refractivity contribution in [2.45, 2.75) is 187 Å². The zero-order valence-corrected chi connectivity index (χ0v) is 25.9. The fraction of sp³-hybridized carbons (Fsp3) is 0.970. The molecule has 1 aliphatic carbocycles. The number of carbonyl (C=O) groups is 1. The summed E-state index contributed by atoms with van der Waals surface area (Å²) in [6.45, 7) is 14.5. The Kier molecular flexibility index (Phi) is 14.5. The van der Waals surface area contributed by atoms with Crippen LogP contribution in [0.1, 0.15) is 170 Å². The minimum absolute atomic E-state index is 0.0155. The average molecular weight is 520 g/mol. The normalized spacial score (nSPS) is 22.8. The first-order valence-corrected chi connectivity index (χ1v) is 16.5. The third-order valence-corrected chi connectivity index (χ3v) is 9.91. The molecule has 4 heteroatoms. The van der Waals surface area contributed by atoms with Crippen molar-refractivity contribution in [1.82, 2.24) is 16.0 Å². The van der Waals surface area contributed by atoms with Gasteiger partial charge in [0.2, 0.25) is 5.91 Å². The predicted molar refractivity (Wildman–Crippen MR) is 161 cm³/mol. The van der Waals surface area contributed by atoms with Crippen LogP contribution in [0.5, 0.6) is 0 Å². The number of amides is 1. The van der Waals surface area contributed by atoms with Gasteiger partial charge in [0.05, 0.1) is 5.66 Å². The molecule has 218 valence electrons. The summed E-state index contributed by atoms with van der Waals surface area (Å²) in [5.74, 6) is 0.803. The van der Waals surface area contributed by atoms with Gasteiger partial charge in [0.25, 0.3) is 0 Å². The lowest BCUT2D eigenvalue weighted by atomic mass is 9.75. The summed E-state index contributed by atoms with van der Waals surface area (Å²) < 4.78 is 0. The fourth-order valence-corrected chi connectivity index (χ4v) is 6.77. The van der Waals surface area contributed by atoms with Gasteiger partial charge in [0, 0.05) is 23.5 Å². The average Bonchev–Trinajstić information content (AvgIpc) is 3.02. The van der Waals surface area contributed by atoms with Crippen LogP contribution >= 0.6 is 0 Å². The Morgan fingerprint density at radius 1 is 0.757 bits per heavy atom. The molecule has 1 amide bonds. The molecule has 2 unspecified atom stereocenters. The number of nitrogens with one attached hydrogen (secondary N) is 3. The van der Waals surface area contributed by atoms with E-state index in [0.717, 1.165) is 25.8 Å². The first-order chi connectivity index (χ1) is 17.6. The Bertz CT molecular complexity index is 613. The molecule has 0 aromatic heterocycles. The van der Waals surface area contributed by atoms with Crippen molar-refractivity contribution in [2.75, 3.05) is 6.54 Å². The minimum Gasteiger partial charge on any atom is -0.356 e. The van der Waals surface area contributed by atoms with E-state index in [1.54, 1.807) is 0 Å². The highest BCUT2D eigenvalue weighted by Crippen LogP contribution is 2.43. The molecule has 2 fully saturated rings. The third-order valence-electron chi connectivity index (χ3n) is 9.91. The lowest BCUT2D eigenvalue weighted by Crippen LogP contribution is -2.56. The van der Waals surface area contributed by atoms with Crippen molar-refractivity contribution in [3.05, 3.63) is 0 Å². The van der Waals surface area contributed by atoms with Crippen LogP contribution in [0.4, 0.5) is 0 Å². The summed E-state index contributed by atoms with van der Waals surface area (Å²) in [4.78, 5) is 12.9. The minimum atomic E-state index is -0.0155. The van der Waals surface area contributed by atoms with Gasteiger partial charge in [-0.05, 0) is 65.7 Å². The Morgan fingerprint density at radius 2 is 1.19 bits per heavy atom. The molecule has 1 saturated carbocycles. The number of unbranched alkanes of at least 4 members (excludes halogenated alkanes) is 15. The van der Waals surface area contributed by atoms with Crippen molar-refractivity contribution in [3.8, 4) is 0 Å². The summed E-state index contributed by atoms with van der Waals surface area (Å²) in [5, 5.41) is 11.1. The highest BCUT2D eigenvalue weighted by Gasteiger charge is 2.54. The molecule has 2 aliphatic rings. The van der Waals surface area contributed by atoms with E-state index in [2.05, 4.69) is 57.5 Å². The molecular weight excluding hydrogens is 454 g/mol. The molecule has 2 atom stereocenters. The van der Waals surface area contributed by atoms with Gasteiger partial charge in [0.1, 0.15) is 0 Å². The van der Waals surface area contributed by atoms with Gasteiger partial charge in [0.15, 0.2) is 0 Å². The molecule has 2 rings (SSSR count). The molecule has 0 aromatic carbocycles. The summed E-state index contributed by atoms with van der Waals surface area (Å²) in [5.41, 5.74) is 0.0829. The highest BCUT2D eigenvalue weighted by atomic mass is 16.1. The smallest absolute Gasteiger partial charge is 0.223 e. The largest absolute Gasteiger partial charge is 0.356 e. The van der Waals surface area contributed by atoms with Crippen molar-refractivity contribution in [2.24, 2.45) is 11.8 Å². The standard InChI is InChI=1S/C33H65N3O/c1-7-8-9-10-11-12-13-14-15-16-17-18-19-20-21-22-26-34-30(37)28(2)29-24-23-25-33(27-29)35-31(3,4)32(5,6)36-33/h28-29,35-36H,7-27H2,1-6H3,(H,34,37). The summed E-state index contributed by atoms with van der Waals surface area (Å²) in [7, 11) is 0. The van der Waals surface area contributed by atoms with Crippen LogP contribution in [0.2, 0.25) is 0 Å². The monoisotopic (exact) mass is 520 g/mol. The molecule has 0 bridgehead atoms. The van der Waals surface area contributed by atoms with Crippen LogP contribution in [0.3, 0.4) is 0 Å². The zero-order valence-electron chi connectivity index (χ0n) is 25.9. The van der Waals surface area contributed by atoms with Gasteiger partial charge in [-0.1, -0.05) is 110 Å². The van der Waals surface area contributed by atoms with E-state index in [-0.39, 0.29) is 28.6 Å². The number of hydrogen-bond acceptors (Lipinski definition) is 3. The Balaban J connectivity index is 1.45. The lowest BCUT2D eigenvalue weighted by molar-refractivity contribution is -0.126. The summed E-state index contributed by atoms with van der Waals surface area (Å²) in [6, 6.07) is 0. The number of rotatable bonds is 19. The van der Waals surface area contributed by atoms with Gasteiger partial charge in [-0.3, -0.25) is 15.4 Å². The molecular formula is C33H65N3O. The van der Waals surface area contributed by atoms with Crippen LogP contribution < -0.4 is 16.0 Å². The van der Waals surface area contributed by atoms with Crippen LogP contribution in [0.15, 0.2) is 0 Å². The van der Waals surface area contributed by atoms with E-state index in [0.29, 0.717) is 5.92 Å². The van der Waals surface area contributed by atoms with Crippen LogP contribution in [-0.4, -0.2) is 29.2 Å². The van der Waals surface area contributed by atoms with Gasteiger partial charge in [-0.25, -0.2) is 0 Å². The maximum atomic E-state index is 12.9. The van der Waals surface area contributed by atoms with E-state index in [9.17, 15) is 4.79 Å². The van der Waals surface area contributed by atoms with E-state index in [4.69, 9.17) is 0 Å². The van der Waals surface area contributed by atoms with E-state index < -0.39 is 0 Å². The molecule has 1 aliphatic heterocycles. The van der Waals surface area contributed by atoms with Crippen LogP contribution in [0, 0.1) is 11.8 Å². The van der Waals surface area contributed by atoms with E-state index in [1.807, 2.05) is 0 Å². The summed E-state index contributed by atoms with van der Waals surface area (Å²) in [6.07, 6.45) is 26.7. The highest BCUT2D eigenvalue weighted by molar-refractivity contribution is 5.78. The van der Waals surface area contributed by atoms with Gasteiger partial charge >= 0.3 is 0 Å². The van der Waals surface area contributed by atoms with Crippen molar-refractivity contribution < 1.29 is 4.79 Å². The predicted octanol–water partition coefficient (Wildman–Crippen LogP) is 8.64. The maximum Gasteiger partial charge on any atom is 0.223 e. The number of carbonyl (C=O) groups excluding carboxylic acids is 1. The molecule has 37 heavy (non-hydrogen) atoms. The SMILES string of the molecule is CCCCCCCCCCCCCCCCCCNC(=O)C(C)C1CCCC2(C1)NC(C)(C)C(C)(C)N2. The Morgan fingerprint density at radius 3 is 1.65 bits per heavy atom.